The Morgan fingerprint density at radius 3 is 2.62 bits per heavy atom. The minimum atomic E-state index is 0.341. The molecule has 2 fully saturated rings. The molecule has 1 N–H and O–H groups in total. The van der Waals surface area contributed by atoms with Crippen LogP contribution in [0.2, 0.25) is 0 Å². The monoisotopic (exact) mass is 363 g/mol. The predicted molar refractivity (Wildman–Crippen MR) is 102 cm³/mol. The molecule has 0 amide bonds. The number of nitrogens with zero attached hydrogens (tertiary/aromatic N) is 6. The summed E-state index contributed by atoms with van der Waals surface area (Å²) < 4.78 is 7.43. The highest BCUT2D eigenvalue weighted by molar-refractivity contribution is 5.80. The molecule has 8 nitrogen and oxygen atoms in total. The molecule has 3 rings (SSSR count). The normalized spacial score (nSPS) is 21.4. The summed E-state index contributed by atoms with van der Waals surface area (Å²) in [7, 11) is 1.99. The van der Waals surface area contributed by atoms with E-state index in [2.05, 4.69) is 39.2 Å². The largest absolute Gasteiger partial charge is 0.379 e. The molecule has 0 saturated carbocycles. The number of aromatic nitrogens is 3. The molecule has 0 aliphatic carbocycles. The van der Waals surface area contributed by atoms with Crippen LogP contribution in [0.4, 0.5) is 0 Å². The first-order chi connectivity index (χ1) is 12.4. The molecule has 0 spiro atoms. The Kier molecular flexibility index (Phi) is 6.13. The van der Waals surface area contributed by atoms with E-state index in [1.54, 1.807) is 0 Å². The molecule has 0 aromatic carbocycles. The summed E-state index contributed by atoms with van der Waals surface area (Å²) in [6.07, 6.45) is 1.19. The van der Waals surface area contributed by atoms with Crippen molar-refractivity contribution in [2.75, 3.05) is 52.5 Å². The lowest BCUT2D eigenvalue weighted by atomic mass is 9.93. The lowest BCUT2D eigenvalue weighted by molar-refractivity contribution is 0.0388. The Balaban J connectivity index is 1.61. The SMILES string of the molecule is Cc1nnc(CN=C(NCCN2CCOCC2)N2CCC(C)(C)C2)n1C. The van der Waals surface area contributed by atoms with Crippen molar-refractivity contribution in [1.29, 1.82) is 0 Å². The van der Waals surface area contributed by atoms with Crippen LogP contribution in [0.5, 0.6) is 0 Å². The van der Waals surface area contributed by atoms with E-state index in [1.165, 1.54) is 6.42 Å². The van der Waals surface area contributed by atoms with Crippen LogP contribution in [0.15, 0.2) is 4.99 Å². The van der Waals surface area contributed by atoms with Gasteiger partial charge in [0.1, 0.15) is 12.4 Å². The van der Waals surface area contributed by atoms with Crippen molar-refractivity contribution in [2.24, 2.45) is 17.5 Å². The van der Waals surface area contributed by atoms with Crippen LogP contribution in [0.3, 0.4) is 0 Å². The smallest absolute Gasteiger partial charge is 0.194 e. The average molecular weight is 364 g/mol. The number of aliphatic imine (C=N–C) groups is 1. The topological polar surface area (TPSA) is 70.8 Å². The van der Waals surface area contributed by atoms with E-state index in [1.807, 2.05) is 18.5 Å². The van der Waals surface area contributed by atoms with Crippen LogP contribution in [-0.2, 0) is 18.3 Å². The van der Waals surface area contributed by atoms with E-state index in [4.69, 9.17) is 9.73 Å². The highest BCUT2D eigenvalue weighted by Gasteiger charge is 2.31. The van der Waals surface area contributed by atoms with E-state index in [0.29, 0.717) is 12.0 Å². The number of morpholine rings is 1. The average Bonchev–Trinajstić information content (AvgIpc) is 3.14. The van der Waals surface area contributed by atoms with Gasteiger partial charge in [0.2, 0.25) is 0 Å². The van der Waals surface area contributed by atoms with Crippen molar-refractivity contribution in [2.45, 2.75) is 33.7 Å². The minimum Gasteiger partial charge on any atom is -0.379 e. The standard InChI is InChI=1S/C18H33N7O/c1-15-21-22-16(23(15)4)13-20-17(25-7-5-18(2,3)14-25)19-6-8-24-9-11-26-12-10-24/h5-14H2,1-4H3,(H,19,20). The first kappa shape index (κ1) is 19.1. The van der Waals surface area contributed by atoms with Gasteiger partial charge in [-0.3, -0.25) is 4.90 Å². The van der Waals surface area contributed by atoms with Crippen LogP contribution >= 0.6 is 0 Å². The molecule has 2 aliphatic heterocycles. The molecule has 0 radical (unpaired) electrons. The summed E-state index contributed by atoms with van der Waals surface area (Å²) in [6, 6.07) is 0. The Bertz CT molecular complexity index is 619. The van der Waals surface area contributed by atoms with Gasteiger partial charge in [0, 0.05) is 46.3 Å². The van der Waals surface area contributed by atoms with Crippen molar-refractivity contribution in [1.82, 2.24) is 29.9 Å². The second-order valence-electron chi connectivity index (χ2n) is 8.08. The van der Waals surface area contributed by atoms with Crippen LogP contribution in [-0.4, -0.2) is 83.0 Å². The Morgan fingerprint density at radius 1 is 1.23 bits per heavy atom. The van der Waals surface area contributed by atoms with Gasteiger partial charge in [-0.2, -0.15) is 0 Å². The highest BCUT2D eigenvalue weighted by Crippen LogP contribution is 2.28. The zero-order chi connectivity index (χ0) is 18.6. The molecule has 3 heterocycles. The van der Waals surface area contributed by atoms with E-state index in [-0.39, 0.29) is 0 Å². The number of likely N-dealkylation sites (tertiary alicyclic amines) is 1. The van der Waals surface area contributed by atoms with E-state index >= 15 is 0 Å². The third-order valence-electron chi connectivity index (χ3n) is 5.34. The van der Waals surface area contributed by atoms with Gasteiger partial charge in [-0.25, -0.2) is 4.99 Å². The fourth-order valence-electron chi connectivity index (χ4n) is 3.45. The molecule has 0 unspecified atom stereocenters. The van der Waals surface area contributed by atoms with E-state index in [0.717, 1.165) is 70.1 Å². The van der Waals surface area contributed by atoms with Crippen molar-refractivity contribution in [3.63, 3.8) is 0 Å². The summed E-state index contributed by atoms with van der Waals surface area (Å²) in [5, 5.41) is 11.9. The maximum atomic E-state index is 5.42. The number of ether oxygens (including phenoxy) is 1. The Labute approximate surface area is 156 Å². The first-order valence-electron chi connectivity index (χ1n) is 9.63. The molecule has 146 valence electrons. The number of aryl methyl sites for hydroxylation is 1. The molecule has 0 atom stereocenters. The van der Waals surface area contributed by atoms with Gasteiger partial charge in [0.25, 0.3) is 0 Å². The number of guanidine groups is 1. The summed E-state index contributed by atoms with van der Waals surface area (Å²) in [4.78, 5) is 9.68. The van der Waals surface area contributed by atoms with Crippen molar-refractivity contribution >= 4 is 5.96 Å². The quantitative estimate of drug-likeness (QED) is 0.611. The van der Waals surface area contributed by atoms with Gasteiger partial charge >= 0.3 is 0 Å². The second kappa shape index (κ2) is 8.35. The number of nitrogens with one attached hydrogen (secondary N) is 1. The van der Waals surface area contributed by atoms with E-state index < -0.39 is 0 Å². The maximum absolute atomic E-state index is 5.42. The molecule has 2 aliphatic rings. The lowest BCUT2D eigenvalue weighted by Gasteiger charge is -2.28. The fraction of sp³-hybridized carbons (Fsp3) is 0.833. The molecular weight excluding hydrogens is 330 g/mol. The van der Waals surface area contributed by atoms with Crippen LogP contribution in [0, 0.1) is 12.3 Å². The van der Waals surface area contributed by atoms with Crippen molar-refractivity contribution in [3.05, 3.63) is 11.6 Å². The van der Waals surface area contributed by atoms with Crippen LogP contribution in [0.1, 0.15) is 31.9 Å². The van der Waals surface area contributed by atoms with Crippen LogP contribution < -0.4 is 5.32 Å². The molecular formula is C18H33N7O. The van der Waals surface area contributed by atoms with E-state index in [9.17, 15) is 0 Å². The Hall–Kier alpha value is -1.67. The van der Waals surface area contributed by atoms with Crippen LogP contribution in [0.25, 0.3) is 0 Å². The predicted octanol–water partition coefficient (Wildman–Crippen LogP) is 0.633. The molecule has 1 aromatic rings. The highest BCUT2D eigenvalue weighted by atomic mass is 16.5. The summed E-state index contributed by atoms with van der Waals surface area (Å²) >= 11 is 0. The van der Waals surface area contributed by atoms with Crippen molar-refractivity contribution < 1.29 is 4.74 Å². The third-order valence-corrected chi connectivity index (χ3v) is 5.34. The van der Waals surface area contributed by atoms with Crippen molar-refractivity contribution in [3.8, 4) is 0 Å². The molecule has 8 heteroatoms. The molecule has 1 aromatic heterocycles. The first-order valence-corrected chi connectivity index (χ1v) is 9.63. The van der Waals surface area contributed by atoms with Gasteiger partial charge in [-0.05, 0) is 18.8 Å². The number of hydrogen-bond donors (Lipinski definition) is 1. The summed E-state index contributed by atoms with van der Waals surface area (Å²) in [5.74, 6) is 2.80. The molecule has 26 heavy (non-hydrogen) atoms. The summed E-state index contributed by atoms with van der Waals surface area (Å²) in [5.41, 5.74) is 0.341. The van der Waals surface area contributed by atoms with Gasteiger partial charge in [-0.1, -0.05) is 13.8 Å². The fourth-order valence-corrected chi connectivity index (χ4v) is 3.45. The maximum Gasteiger partial charge on any atom is 0.194 e. The minimum absolute atomic E-state index is 0.341. The molecule has 2 saturated heterocycles. The zero-order valence-corrected chi connectivity index (χ0v) is 16.7. The van der Waals surface area contributed by atoms with Gasteiger partial charge in [0.05, 0.1) is 13.2 Å². The van der Waals surface area contributed by atoms with Gasteiger partial charge in [-0.15, -0.1) is 10.2 Å². The second-order valence-corrected chi connectivity index (χ2v) is 8.08. The summed E-state index contributed by atoms with van der Waals surface area (Å²) in [6.45, 7) is 14.9. The Morgan fingerprint density at radius 2 is 2.00 bits per heavy atom. The number of hydrogen-bond acceptors (Lipinski definition) is 5. The number of rotatable bonds is 5. The third kappa shape index (κ3) is 4.94. The molecule has 0 bridgehead atoms. The van der Waals surface area contributed by atoms with Gasteiger partial charge < -0.3 is 19.5 Å². The lowest BCUT2D eigenvalue weighted by Crippen LogP contribution is -2.45. The van der Waals surface area contributed by atoms with Gasteiger partial charge in [0.15, 0.2) is 11.8 Å². The zero-order valence-electron chi connectivity index (χ0n) is 16.7.